The molecule has 24 heavy (non-hydrogen) atoms. The van der Waals surface area contributed by atoms with Gasteiger partial charge in [0.05, 0.1) is 25.9 Å². The number of ether oxygens (including phenoxy) is 3. The van der Waals surface area contributed by atoms with Gasteiger partial charge in [0.1, 0.15) is 0 Å². The van der Waals surface area contributed by atoms with Crippen molar-refractivity contribution in [2.45, 2.75) is 51.2 Å². The molecule has 0 spiro atoms. The average molecular weight is 336 g/mol. The van der Waals surface area contributed by atoms with Crippen LogP contribution in [0.5, 0.6) is 11.5 Å². The van der Waals surface area contributed by atoms with Crippen LogP contribution < -0.4 is 20.1 Å². The Labute approximate surface area is 143 Å². The Balaban J connectivity index is 2.00. The van der Waals surface area contributed by atoms with Crippen LogP contribution in [-0.2, 0) is 4.74 Å². The molecule has 0 aromatic heterocycles. The van der Waals surface area contributed by atoms with E-state index < -0.39 is 0 Å². The van der Waals surface area contributed by atoms with E-state index in [1.807, 2.05) is 19.1 Å². The standard InChI is InChI=1S/C18H28N2O4/c1-4-13(12-22-2)19-18(21)20-14-9-10-16(23-3)17(11-14)24-15-7-5-6-8-15/h9-11,13,15H,4-8,12H2,1-3H3,(H2,19,20,21). The SMILES string of the molecule is CCC(COC)NC(=O)Nc1ccc(OC)c(OC2CCCC2)c1. The van der Waals surface area contributed by atoms with Crippen molar-refractivity contribution < 1.29 is 19.0 Å². The lowest BCUT2D eigenvalue weighted by Gasteiger charge is -2.18. The molecule has 0 saturated heterocycles. The first-order valence-electron chi connectivity index (χ1n) is 8.57. The lowest BCUT2D eigenvalue weighted by Crippen LogP contribution is -2.40. The number of hydrogen-bond acceptors (Lipinski definition) is 4. The molecule has 2 rings (SSSR count). The maximum atomic E-state index is 12.1. The number of carbonyl (C=O) groups excluding carboxylic acids is 1. The fourth-order valence-corrected chi connectivity index (χ4v) is 2.85. The molecule has 1 saturated carbocycles. The van der Waals surface area contributed by atoms with Gasteiger partial charge in [-0.25, -0.2) is 4.79 Å². The summed E-state index contributed by atoms with van der Waals surface area (Å²) in [4.78, 5) is 12.1. The third kappa shape index (κ3) is 5.30. The highest BCUT2D eigenvalue weighted by Gasteiger charge is 2.19. The van der Waals surface area contributed by atoms with Crippen molar-refractivity contribution in [2.75, 3.05) is 26.1 Å². The minimum Gasteiger partial charge on any atom is -0.493 e. The van der Waals surface area contributed by atoms with E-state index in [1.54, 1.807) is 20.3 Å². The molecule has 1 aliphatic carbocycles. The third-order valence-electron chi connectivity index (χ3n) is 4.21. The van der Waals surface area contributed by atoms with Crippen LogP contribution in [0.15, 0.2) is 18.2 Å². The molecular formula is C18H28N2O4. The highest BCUT2D eigenvalue weighted by atomic mass is 16.5. The van der Waals surface area contributed by atoms with Gasteiger partial charge in [-0.3, -0.25) is 0 Å². The summed E-state index contributed by atoms with van der Waals surface area (Å²) in [5.74, 6) is 1.35. The maximum absolute atomic E-state index is 12.1. The quantitative estimate of drug-likeness (QED) is 0.761. The van der Waals surface area contributed by atoms with Crippen LogP contribution in [-0.4, -0.2) is 39.0 Å². The van der Waals surface area contributed by atoms with Crippen LogP contribution in [0.3, 0.4) is 0 Å². The van der Waals surface area contributed by atoms with Crippen molar-refractivity contribution in [3.8, 4) is 11.5 Å². The van der Waals surface area contributed by atoms with Crippen LogP contribution in [0, 0.1) is 0 Å². The number of hydrogen-bond donors (Lipinski definition) is 2. The second-order valence-electron chi connectivity index (χ2n) is 6.05. The summed E-state index contributed by atoms with van der Waals surface area (Å²) >= 11 is 0. The zero-order valence-corrected chi connectivity index (χ0v) is 14.8. The number of benzene rings is 1. The molecule has 1 atom stereocenters. The highest BCUT2D eigenvalue weighted by Crippen LogP contribution is 2.33. The first kappa shape index (κ1) is 18.4. The van der Waals surface area contributed by atoms with Gasteiger partial charge in [0.15, 0.2) is 11.5 Å². The van der Waals surface area contributed by atoms with Crippen molar-refractivity contribution in [1.82, 2.24) is 5.32 Å². The number of anilines is 1. The molecule has 0 heterocycles. The second-order valence-corrected chi connectivity index (χ2v) is 6.05. The predicted molar refractivity (Wildman–Crippen MR) is 94.0 cm³/mol. The summed E-state index contributed by atoms with van der Waals surface area (Å²) in [6.07, 6.45) is 5.57. The summed E-state index contributed by atoms with van der Waals surface area (Å²) in [7, 11) is 3.24. The Hall–Kier alpha value is -1.95. The number of nitrogens with one attached hydrogen (secondary N) is 2. The van der Waals surface area contributed by atoms with Crippen molar-refractivity contribution in [3.05, 3.63) is 18.2 Å². The van der Waals surface area contributed by atoms with Gasteiger partial charge in [-0.05, 0) is 44.2 Å². The predicted octanol–water partition coefficient (Wildman–Crippen LogP) is 3.56. The molecule has 2 N–H and O–H groups in total. The van der Waals surface area contributed by atoms with Gasteiger partial charge in [-0.2, -0.15) is 0 Å². The molecule has 1 aromatic carbocycles. The first-order valence-corrected chi connectivity index (χ1v) is 8.57. The normalized spacial score (nSPS) is 15.8. The number of urea groups is 1. The second kappa shape index (κ2) is 9.37. The summed E-state index contributed by atoms with van der Waals surface area (Å²) in [6, 6.07) is 5.16. The van der Waals surface area contributed by atoms with E-state index in [1.165, 1.54) is 12.8 Å². The van der Waals surface area contributed by atoms with Gasteiger partial charge in [0.2, 0.25) is 0 Å². The van der Waals surface area contributed by atoms with Crippen molar-refractivity contribution in [2.24, 2.45) is 0 Å². The molecule has 1 aliphatic rings. The van der Waals surface area contributed by atoms with Gasteiger partial charge < -0.3 is 24.8 Å². The molecule has 1 unspecified atom stereocenters. The minimum atomic E-state index is -0.254. The Morgan fingerprint density at radius 1 is 1.25 bits per heavy atom. The monoisotopic (exact) mass is 336 g/mol. The van der Waals surface area contributed by atoms with E-state index in [2.05, 4.69) is 10.6 Å². The van der Waals surface area contributed by atoms with Crippen LogP contribution in [0.2, 0.25) is 0 Å². The van der Waals surface area contributed by atoms with Gasteiger partial charge in [-0.1, -0.05) is 6.92 Å². The van der Waals surface area contributed by atoms with E-state index in [0.29, 0.717) is 23.8 Å². The third-order valence-corrected chi connectivity index (χ3v) is 4.21. The average Bonchev–Trinajstić information content (AvgIpc) is 3.07. The van der Waals surface area contributed by atoms with Gasteiger partial charge in [-0.15, -0.1) is 0 Å². The fraction of sp³-hybridized carbons (Fsp3) is 0.611. The zero-order valence-electron chi connectivity index (χ0n) is 14.8. The van der Waals surface area contributed by atoms with E-state index in [4.69, 9.17) is 14.2 Å². The summed E-state index contributed by atoms with van der Waals surface area (Å²) in [5.41, 5.74) is 0.675. The van der Waals surface area contributed by atoms with E-state index >= 15 is 0 Å². The lowest BCUT2D eigenvalue weighted by atomic mass is 10.2. The zero-order chi connectivity index (χ0) is 17.4. The molecule has 0 aliphatic heterocycles. The van der Waals surface area contributed by atoms with Crippen molar-refractivity contribution in [3.63, 3.8) is 0 Å². The van der Waals surface area contributed by atoms with Crippen molar-refractivity contribution in [1.29, 1.82) is 0 Å². The molecule has 6 nitrogen and oxygen atoms in total. The Kier molecular flexibility index (Phi) is 7.18. The lowest BCUT2D eigenvalue weighted by molar-refractivity contribution is 0.165. The van der Waals surface area contributed by atoms with Gasteiger partial charge >= 0.3 is 6.03 Å². The van der Waals surface area contributed by atoms with E-state index in [-0.39, 0.29) is 18.2 Å². The largest absolute Gasteiger partial charge is 0.493 e. The fourth-order valence-electron chi connectivity index (χ4n) is 2.85. The van der Waals surface area contributed by atoms with Crippen LogP contribution in [0.25, 0.3) is 0 Å². The molecule has 1 fully saturated rings. The van der Waals surface area contributed by atoms with Gasteiger partial charge in [0.25, 0.3) is 0 Å². The van der Waals surface area contributed by atoms with Gasteiger partial charge in [0, 0.05) is 18.9 Å². The molecule has 0 radical (unpaired) electrons. The van der Waals surface area contributed by atoms with E-state index in [9.17, 15) is 4.79 Å². The molecule has 6 heteroatoms. The highest BCUT2D eigenvalue weighted by molar-refractivity contribution is 5.89. The van der Waals surface area contributed by atoms with Crippen molar-refractivity contribution >= 4 is 11.7 Å². The molecule has 2 amide bonds. The number of rotatable bonds is 8. The first-order chi connectivity index (χ1) is 11.7. The van der Waals surface area contributed by atoms with Crippen LogP contribution >= 0.6 is 0 Å². The number of carbonyl (C=O) groups is 1. The number of methoxy groups -OCH3 is 2. The molecule has 134 valence electrons. The topological polar surface area (TPSA) is 68.8 Å². The Morgan fingerprint density at radius 3 is 2.62 bits per heavy atom. The summed E-state index contributed by atoms with van der Waals surface area (Å²) in [5, 5.41) is 5.73. The minimum absolute atomic E-state index is 0.0116. The maximum Gasteiger partial charge on any atom is 0.319 e. The molecule has 1 aromatic rings. The Bertz CT molecular complexity index is 530. The smallest absolute Gasteiger partial charge is 0.319 e. The van der Waals surface area contributed by atoms with E-state index in [0.717, 1.165) is 19.3 Å². The molecular weight excluding hydrogens is 308 g/mol. The summed E-state index contributed by atoms with van der Waals surface area (Å²) < 4.78 is 16.5. The molecule has 0 bridgehead atoms. The van der Waals surface area contributed by atoms with Crippen LogP contribution in [0.4, 0.5) is 10.5 Å². The Morgan fingerprint density at radius 2 is 2.00 bits per heavy atom. The number of amides is 2. The van der Waals surface area contributed by atoms with Crippen LogP contribution in [0.1, 0.15) is 39.0 Å². The summed E-state index contributed by atoms with van der Waals surface area (Å²) in [6.45, 7) is 2.49.